The highest BCUT2D eigenvalue weighted by atomic mass is 35.5. The first-order chi connectivity index (χ1) is 16.5. The van der Waals surface area contributed by atoms with Crippen LogP contribution in [0.1, 0.15) is 38.7 Å². The molecule has 0 spiro atoms. The van der Waals surface area contributed by atoms with E-state index in [-0.39, 0.29) is 11.7 Å². The van der Waals surface area contributed by atoms with Crippen LogP contribution in [-0.2, 0) is 0 Å². The average Bonchev–Trinajstić information content (AvgIpc) is 3.28. The molecule has 0 saturated heterocycles. The van der Waals surface area contributed by atoms with Gasteiger partial charge in [-0.15, -0.1) is 0 Å². The third kappa shape index (κ3) is 5.91. The lowest BCUT2D eigenvalue weighted by Crippen LogP contribution is -2.25. The molecule has 2 aromatic carbocycles. The van der Waals surface area contributed by atoms with Gasteiger partial charge < -0.3 is 15.1 Å². The molecule has 4 aromatic rings. The fourth-order valence-corrected chi connectivity index (χ4v) is 3.62. The van der Waals surface area contributed by atoms with Gasteiger partial charge in [-0.3, -0.25) is 14.6 Å². The Labute approximate surface area is 202 Å². The molecule has 0 aliphatic rings. The van der Waals surface area contributed by atoms with Crippen LogP contribution < -0.4 is 10.6 Å². The Morgan fingerprint density at radius 1 is 1.03 bits per heavy atom. The summed E-state index contributed by atoms with van der Waals surface area (Å²) in [5.41, 5.74) is 3.21. The van der Waals surface area contributed by atoms with Gasteiger partial charge in [0.1, 0.15) is 5.76 Å². The summed E-state index contributed by atoms with van der Waals surface area (Å²) in [6.07, 6.45) is 5.67. The highest BCUT2D eigenvalue weighted by Gasteiger charge is 2.07. The second-order valence-electron chi connectivity index (χ2n) is 7.79. The molecule has 0 unspecified atom stereocenters. The molecule has 4 rings (SSSR count). The summed E-state index contributed by atoms with van der Waals surface area (Å²) in [6, 6.07) is 18.0. The molecule has 2 heterocycles. The number of hydrogen-bond acceptors (Lipinski definition) is 5. The van der Waals surface area contributed by atoms with Crippen molar-refractivity contribution >= 4 is 46.0 Å². The quantitative estimate of drug-likeness (QED) is 0.179. The molecule has 2 aromatic heterocycles. The number of pyridine rings is 1. The van der Waals surface area contributed by atoms with E-state index in [0.29, 0.717) is 35.2 Å². The lowest BCUT2D eigenvalue weighted by atomic mass is 10.1. The van der Waals surface area contributed by atoms with Crippen molar-refractivity contribution in [3.8, 4) is 0 Å². The van der Waals surface area contributed by atoms with Gasteiger partial charge in [-0.25, -0.2) is 0 Å². The van der Waals surface area contributed by atoms with Crippen molar-refractivity contribution in [3.63, 3.8) is 0 Å². The summed E-state index contributed by atoms with van der Waals surface area (Å²) in [6.45, 7) is 3.04. The third-order valence-electron chi connectivity index (χ3n) is 5.24. The summed E-state index contributed by atoms with van der Waals surface area (Å²) >= 11 is 6.04. The normalized spacial score (nSPS) is 11.1. The number of hydrogen-bond donors (Lipinski definition) is 2. The van der Waals surface area contributed by atoms with Crippen LogP contribution in [0.3, 0.4) is 0 Å². The fraction of sp³-hybridized carbons (Fsp3) is 0.148. The summed E-state index contributed by atoms with van der Waals surface area (Å²) in [4.78, 5) is 28.8. The first-order valence-electron chi connectivity index (χ1n) is 10.9. The minimum atomic E-state index is -0.202. The Balaban J connectivity index is 1.23. The first-order valence-corrected chi connectivity index (χ1v) is 11.3. The van der Waals surface area contributed by atoms with Crippen molar-refractivity contribution in [1.82, 2.24) is 10.3 Å². The third-order valence-corrected chi connectivity index (χ3v) is 5.48. The fourth-order valence-electron chi connectivity index (χ4n) is 3.46. The number of carbonyl (C=O) groups is 2. The van der Waals surface area contributed by atoms with Crippen LogP contribution in [0.25, 0.3) is 17.0 Å². The maximum absolute atomic E-state index is 12.4. The molecule has 0 radical (unpaired) electrons. The van der Waals surface area contributed by atoms with Crippen LogP contribution in [0.5, 0.6) is 0 Å². The van der Waals surface area contributed by atoms with E-state index in [4.69, 9.17) is 16.0 Å². The van der Waals surface area contributed by atoms with Gasteiger partial charge in [0.05, 0.1) is 5.52 Å². The van der Waals surface area contributed by atoms with Gasteiger partial charge in [-0.2, -0.15) is 0 Å². The molecule has 6 nitrogen and oxygen atoms in total. The highest BCUT2D eigenvalue weighted by Crippen LogP contribution is 2.24. The molecular weight excluding hydrogens is 450 g/mol. The number of nitrogens with zero attached hydrogens (tertiary/aromatic N) is 1. The molecule has 0 bridgehead atoms. The average molecular weight is 474 g/mol. The van der Waals surface area contributed by atoms with Gasteiger partial charge in [-0.05, 0) is 73.5 Å². The van der Waals surface area contributed by atoms with E-state index in [9.17, 15) is 9.59 Å². The molecule has 0 aliphatic carbocycles. The zero-order valence-corrected chi connectivity index (χ0v) is 19.4. The molecule has 7 heteroatoms. The number of aryl methyl sites for hydroxylation is 1. The zero-order chi connectivity index (χ0) is 23.9. The van der Waals surface area contributed by atoms with Crippen molar-refractivity contribution in [2.45, 2.75) is 13.3 Å². The largest absolute Gasteiger partial charge is 0.458 e. The molecule has 34 heavy (non-hydrogen) atoms. The lowest BCUT2D eigenvalue weighted by Gasteiger charge is -2.10. The molecule has 2 N–H and O–H groups in total. The minimum Gasteiger partial charge on any atom is -0.458 e. The number of halogens is 1. The van der Waals surface area contributed by atoms with Crippen LogP contribution in [0.2, 0.25) is 5.02 Å². The Kier molecular flexibility index (Phi) is 7.40. The molecule has 0 atom stereocenters. The van der Waals surface area contributed by atoms with Crippen molar-refractivity contribution in [2.75, 3.05) is 18.4 Å². The molecule has 0 fully saturated rings. The Bertz CT molecular complexity index is 1340. The van der Waals surface area contributed by atoms with Crippen LogP contribution in [0, 0.1) is 6.92 Å². The van der Waals surface area contributed by atoms with Crippen molar-refractivity contribution in [3.05, 3.63) is 101 Å². The van der Waals surface area contributed by atoms with E-state index in [2.05, 4.69) is 15.6 Å². The standard InChI is InChI=1S/C27H24ClN3O3/c1-18-3-12-26(34-18)25(32)11-6-19-4-7-20(8-5-19)27(33)31-15-2-14-29-23-13-16-30-24-17-21(28)9-10-22(23)24/h3-13,16-17H,2,14-15H2,1H3,(H,29,30)(H,31,33)/b11-6+. The summed E-state index contributed by atoms with van der Waals surface area (Å²) in [5, 5.41) is 7.98. The SMILES string of the molecule is Cc1ccc(C(=O)/C=C/c2ccc(C(=O)NCCCNc3ccnc4cc(Cl)ccc34)cc2)o1. The molecule has 0 saturated carbocycles. The maximum Gasteiger partial charge on any atom is 0.251 e. The maximum atomic E-state index is 12.4. The predicted molar refractivity (Wildman–Crippen MR) is 135 cm³/mol. The Hall–Kier alpha value is -3.90. The number of amides is 1. The number of furan rings is 1. The van der Waals surface area contributed by atoms with Crippen LogP contribution in [-0.4, -0.2) is 29.8 Å². The molecule has 0 aliphatic heterocycles. The smallest absolute Gasteiger partial charge is 0.251 e. The van der Waals surface area contributed by atoms with Crippen LogP contribution >= 0.6 is 11.6 Å². The number of allylic oxidation sites excluding steroid dienone is 1. The summed E-state index contributed by atoms with van der Waals surface area (Å²) < 4.78 is 5.32. The summed E-state index contributed by atoms with van der Waals surface area (Å²) in [5.74, 6) is 0.661. The van der Waals surface area contributed by atoms with Crippen LogP contribution in [0.15, 0.2) is 77.4 Å². The van der Waals surface area contributed by atoms with Gasteiger partial charge in [0.2, 0.25) is 5.78 Å². The molecule has 1 amide bonds. The first kappa shape index (κ1) is 23.3. The topological polar surface area (TPSA) is 84.2 Å². The lowest BCUT2D eigenvalue weighted by molar-refractivity contribution is 0.0952. The number of fused-ring (bicyclic) bond motifs is 1. The van der Waals surface area contributed by atoms with Gasteiger partial charge in [0, 0.05) is 40.9 Å². The van der Waals surface area contributed by atoms with Crippen LogP contribution in [0.4, 0.5) is 5.69 Å². The highest BCUT2D eigenvalue weighted by molar-refractivity contribution is 6.31. The van der Waals surface area contributed by atoms with Gasteiger partial charge in [0.15, 0.2) is 5.76 Å². The number of rotatable bonds is 9. The Morgan fingerprint density at radius 3 is 2.62 bits per heavy atom. The monoisotopic (exact) mass is 473 g/mol. The number of anilines is 1. The number of ketones is 1. The van der Waals surface area contributed by atoms with Crippen molar-refractivity contribution < 1.29 is 14.0 Å². The molecule has 172 valence electrons. The number of aromatic nitrogens is 1. The van der Waals surface area contributed by atoms with E-state index in [0.717, 1.165) is 28.6 Å². The molecular formula is C27H24ClN3O3. The summed E-state index contributed by atoms with van der Waals surface area (Å²) in [7, 11) is 0. The number of benzene rings is 2. The van der Waals surface area contributed by atoms with Crippen molar-refractivity contribution in [1.29, 1.82) is 0 Å². The van der Waals surface area contributed by atoms with E-state index in [1.54, 1.807) is 55.6 Å². The predicted octanol–water partition coefficient (Wildman–Crippen LogP) is 5.92. The van der Waals surface area contributed by atoms with E-state index < -0.39 is 0 Å². The van der Waals surface area contributed by atoms with Gasteiger partial charge in [0.25, 0.3) is 5.91 Å². The Morgan fingerprint density at radius 2 is 1.85 bits per heavy atom. The number of carbonyl (C=O) groups excluding carboxylic acids is 2. The van der Waals surface area contributed by atoms with E-state index in [1.165, 1.54) is 6.08 Å². The second kappa shape index (κ2) is 10.8. The van der Waals surface area contributed by atoms with Crippen molar-refractivity contribution in [2.24, 2.45) is 0 Å². The van der Waals surface area contributed by atoms with E-state index in [1.807, 2.05) is 24.3 Å². The van der Waals surface area contributed by atoms with Gasteiger partial charge in [-0.1, -0.05) is 29.8 Å². The zero-order valence-electron chi connectivity index (χ0n) is 18.7. The second-order valence-corrected chi connectivity index (χ2v) is 8.22. The van der Waals surface area contributed by atoms with Gasteiger partial charge >= 0.3 is 0 Å². The minimum absolute atomic E-state index is 0.137. The van der Waals surface area contributed by atoms with E-state index >= 15 is 0 Å². The number of nitrogens with one attached hydrogen (secondary N) is 2.